The summed E-state index contributed by atoms with van der Waals surface area (Å²) in [7, 11) is 2.14. The maximum absolute atomic E-state index is 6.10. The molecule has 1 aromatic rings. The van der Waals surface area contributed by atoms with Crippen molar-refractivity contribution >= 4 is 34.7 Å². The van der Waals surface area contributed by atoms with Crippen LogP contribution in [-0.2, 0) is 0 Å². The van der Waals surface area contributed by atoms with Gasteiger partial charge in [0, 0.05) is 10.9 Å². The van der Waals surface area contributed by atoms with E-state index >= 15 is 0 Å². The van der Waals surface area contributed by atoms with E-state index in [2.05, 4.69) is 31.2 Å². The van der Waals surface area contributed by atoms with Crippen molar-refractivity contribution in [2.24, 2.45) is 5.73 Å². The molecular weight excluding hydrogens is 272 g/mol. The molecule has 2 unspecified atom stereocenters. The topological polar surface area (TPSA) is 29.3 Å². The van der Waals surface area contributed by atoms with Crippen molar-refractivity contribution in [3.63, 3.8) is 0 Å². The molecule has 1 aromatic heterocycles. The maximum atomic E-state index is 6.10. The number of nitrogens with two attached hydrogens (primary N) is 1. The van der Waals surface area contributed by atoms with Gasteiger partial charge in [0.1, 0.15) is 0 Å². The quantitative estimate of drug-likeness (QED) is 0.780. The van der Waals surface area contributed by atoms with Gasteiger partial charge in [0.2, 0.25) is 0 Å². The number of hydrogen-bond donors (Lipinski definition) is 1. The Hall–Kier alpha value is 0.260. The Bertz CT molecular complexity index is 328. The zero-order valence-corrected chi connectivity index (χ0v) is 13.0. The van der Waals surface area contributed by atoms with Gasteiger partial charge in [-0.3, -0.25) is 4.90 Å². The summed E-state index contributed by atoms with van der Waals surface area (Å²) in [5, 5.41) is 0. The summed E-state index contributed by atoms with van der Waals surface area (Å²) >= 11 is 9.51. The second-order valence-electron chi connectivity index (χ2n) is 4.27. The van der Waals surface area contributed by atoms with Gasteiger partial charge in [-0.1, -0.05) is 11.6 Å². The fourth-order valence-electron chi connectivity index (χ4n) is 1.96. The number of halogens is 1. The van der Waals surface area contributed by atoms with Gasteiger partial charge in [-0.25, -0.2) is 0 Å². The van der Waals surface area contributed by atoms with Crippen LogP contribution in [0.25, 0.3) is 0 Å². The third kappa shape index (κ3) is 4.79. The third-order valence-corrected chi connectivity index (χ3v) is 4.72. The van der Waals surface area contributed by atoms with Crippen molar-refractivity contribution in [1.29, 1.82) is 0 Å². The molecule has 0 saturated carbocycles. The Kier molecular flexibility index (Phi) is 6.89. The van der Waals surface area contributed by atoms with Gasteiger partial charge in [0.15, 0.2) is 0 Å². The van der Waals surface area contributed by atoms with Crippen LogP contribution in [0.4, 0.5) is 0 Å². The highest BCUT2D eigenvalue weighted by molar-refractivity contribution is 7.98. The molecular formula is C12H21ClN2S2. The van der Waals surface area contributed by atoms with Crippen LogP contribution in [-0.4, -0.2) is 36.5 Å². The third-order valence-electron chi connectivity index (χ3n) is 2.72. The van der Waals surface area contributed by atoms with Crippen molar-refractivity contribution in [3.8, 4) is 0 Å². The Morgan fingerprint density at radius 2 is 2.24 bits per heavy atom. The molecule has 0 aromatic carbocycles. The van der Waals surface area contributed by atoms with Crippen LogP contribution in [0.15, 0.2) is 12.1 Å². The lowest BCUT2D eigenvalue weighted by Crippen LogP contribution is -2.37. The standard InChI is InChI=1S/C12H21ClN2S2/c1-9(14)12(10-5-6-11(13)17-10)15(2)7-4-8-16-3/h5-6,9,12H,4,7-8,14H2,1-3H3. The predicted molar refractivity (Wildman–Crippen MR) is 81.3 cm³/mol. The molecule has 0 amide bonds. The van der Waals surface area contributed by atoms with Gasteiger partial charge in [-0.05, 0) is 51.1 Å². The minimum Gasteiger partial charge on any atom is -0.326 e. The van der Waals surface area contributed by atoms with E-state index in [9.17, 15) is 0 Å². The van der Waals surface area contributed by atoms with E-state index in [1.165, 1.54) is 17.1 Å². The van der Waals surface area contributed by atoms with Gasteiger partial charge in [-0.2, -0.15) is 11.8 Å². The summed E-state index contributed by atoms with van der Waals surface area (Å²) in [6.45, 7) is 3.13. The van der Waals surface area contributed by atoms with Crippen LogP contribution in [0.1, 0.15) is 24.3 Å². The first kappa shape index (κ1) is 15.3. The van der Waals surface area contributed by atoms with Gasteiger partial charge < -0.3 is 5.73 Å². The first-order valence-corrected chi connectivity index (χ1v) is 8.35. The maximum Gasteiger partial charge on any atom is 0.0931 e. The van der Waals surface area contributed by atoms with Crippen molar-refractivity contribution in [3.05, 3.63) is 21.3 Å². The summed E-state index contributed by atoms with van der Waals surface area (Å²) in [5.41, 5.74) is 6.10. The summed E-state index contributed by atoms with van der Waals surface area (Å²) in [6, 6.07) is 4.43. The molecule has 0 bridgehead atoms. The number of hydrogen-bond acceptors (Lipinski definition) is 4. The Labute approximate surface area is 118 Å². The van der Waals surface area contributed by atoms with E-state index in [4.69, 9.17) is 17.3 Å². The first-order valence-electron chi connectivity index (χ1n) is 5.76. The van der Waals surface area contributed by atoms with Crippen LogP contribution in [0.5, 0.6) is 0 Å². The Balaban J connectivity index is 2.65. The Morgan fingerprint density at radius 3 is 2.71 bits per heavy atom. The summed E-state index contributed by atoms with van der Waals surface area (Å²) in [4.78, 5) is 3.60. The lowest BCUT2D eigenvalue weighted by molar-refractivity contribution is 0.223. The van der Waals surface area contributed by atoms with Crippen LogP contribution < -0.4 is 5.73 Å². The van der Waals surface area contributed by atoms with E-state index in [1.807, 2.05) is 17.8 Å². The molecule has 0 spiro atoms. The minimum atomic E-state index is 0.115. The zero-order chi connectivity index (χ0) is 12.8. The summed E-state index contributed by atoms with van der Waals surface area (Å²) in [6.07, 6.45) is 3.34. The minimum absolute atomic E-state index is 0.115. The molecule has 0 saturated heterocycles. The normalized spacial score (nSPS) is 15.2. The van der Waals surface area contributed by atoms with Crippen LogP contribution in [0, 0.1) is 0 Å². The molecule has 17 heavy (non-hydrogen) atoms. The highest BCUT2D eigenvalue weighted by atomic mass is 35.5. The van der Waals surface area contributed by atoms with Gasteiger partial charge in [0.25, 0.3) is 0 Å². The number of likely N-dealkylation sites (N-methyl/N-ethyl adjacent to an activating group) is 1. The molecule has 1 heterocycles. The van der Waals surface area contributed by atoms with Crippen LogP contribution in [0.3, 0.4) is 0 Å². The van der Waals surface area contributed by atoms with Gasteiger partial charge >= 0.3 is 0 Å². The fourth-order valence-corrected chi connectivity index (χ4v) is 3.72. The van der Waals surface area contributed by atoms with Crippen molar-refractivity contribution in [2.45, 2.75) is 25.4 Å². The second kappa shape index (κ2) is 7.64. The molecule has 2 N–H and O–H groups in total. The van der Waals surface area contributed by atoms with Crippen molar-refractivity contribution < 1.29 is 0 Å². The van der Waals surface area contributed by atoms with Crippen LogP contribution in [0.2, 0.25) is 4.34 Å². The SMILES string of the molecule is CSCCCN(C)C(c1ccc(Cl)s1)C(C)N. The zero-order valence-electron chi connectivity index (χ0n) is 10.6. The van der Waals surface area contributed by atoms with E-state index in [-0.39, 0.29) is 12.1 Å². The smallest absolute Gasteiger partial charge is 0.0931 e. The molecule has 2 nitrogen and oxygen atoms in total. The number of thiophene rings is 1. The van der Waals surface area contributed by atoms with Crippen molar-refractivity contribution in [1.82, 2.24) is 4.90 Å². The van der Waals surface area contributed by atoms with E-state index in [0.717, 1.165) is 10.9 Å². The lowest BCUT2D eigenvalue weighted by Gasteiger charge is -2.30. The lowest BCUT2D eigenvalue weighted by atomic mass is 10.1. The fraction of sp³-hybridized carbons (Fsp3) is 0.667. The monoisotopic (exact) mass is 292 g/mol. The average Bonchev–Trinajstić information content (AvgIpc) is 2.65. The van der Waals surface area contributed by atoms with Gasteiger partial charge in [-0.15, -0.1) is 11.3 Å². The molecule has 0 aliphatic carbocycles. The predicted octanol–water partition coefficient (Wildman–Crippen LogP) is 3.47. The highest BCUT2D eigenvalue weighted by Crippen LogP contribution is 2.31. The molecule has 0 fully saturated rings. The summed E-state index contributed by atoms with van der Waals surface area (Å²) in [5.74, 6) is 1.20. The molecule has 98 valence electrons. The molecule has 1 rings (SSSR count). The number of thioether (sulfide) groups is 1. The van der Waals surface area contributed by atoms with E-state index in [0.29, 0.717) is 0 Å². The second-order valence-corrected chi connectivity index (χ2v) is 7.01. The largest absolute Gasteiger partial charge is 0.326 e. The van der Waals surface area contributed by atoms with Gasteiger partial charge in [0.05, 0.1) is 10.4 Å². The average molecular weight is 293 g/mol. The number of nitrogens with zero attached hydrogens (tertiary/aromatic N) is 1. The highest BCUT2D eigenvalue weighted by Gasteiger charge is 2.22. The van der Waals surface area contributed by atoms with E-state index < -0.39 is 0 Å². The van der Waals surface area contributed by atoms with Crippen molar-refractivity contribution in [2.75, 3.05) is 25.6 Å². The molecule has 0 aliphatic heterocycles. The summed E-state index contributed by atoms with van der Waals surface area (Å²) < 4.78 is 0.836. The first-order chi connectivity index (χ1) is 8.06. The molecule has 2 atom stereocenters. The number of rotatable bonds is 7. The molecule has 0 radical (unpaired) electrons. The molecule has 5 heteroatoms. The van der Waals surface area contributed by atoms with E-state index in [1.54, 1.807) is 11.3 Å². The molecule has 0 aliphatic rings. The van der Waals surface area contributed by atoms with Crippen LogP contribution >= 0.6 is 34.7 Å². The Morgan fingerprint density at radius 1 is 1.53 bits per heavy atom.